The van der Waals surface area contributed by atoms with Crippen molar-refractivity contribution in [1.82, 2.24) is 10.3 Å². The van der Waals surface area contributed by atoms with E-state index in [0.717, 1.165) is 5.56 Å². The number of hydrogen-bond acceptors (Lipinski definition) is 4. The molecule has 9 heteroatoms. The molecule has 0 saturated carbocycles. The van der Waals surface area contributed by atoms with Gasteiger partial charge in [-0.1, -0.05) is 41.9 Å². The zero-order valence-corrected chi connectivity index (χ0v) is 19.1. The van der Waals surface area contributed by atoms with Crippen molar-refractivity contribution >= 4 is 49.8 Å². The number of carbonyl (C=O) groups excluding carboxylic acids is 2. The van der Waals surface area contributed by atoms with E-state index in [1.165, 1.54) is 25.1 Å². The van der Waals surface area contributed by atoms with Crippen LogP contribution in [0.25, 0.3) is 10.9 Å². The average molecular weight is 482 g/mol. The lowest BCUT2D eigenvalue weighted by molar-refractivity contribution is -0.114. The Hall–Kier alpha value is -3.62. The van der Waals surface area contributed by atoms with Crippen molar-refractivity contribution in [2.24, 2.45) is 0 Å². The molecule has 0 fully saturated rings. The number of rotatable bonds is 6. The fourth-order valence-corrected chi connectivity index (χ4v) is 5.32. The molecule has 0 aliphatic carbocycles. The van der Waals surface area contributed by atoms with Crippen LogP contribution in [0.15, 0.2) is 82.6 Å². The smallest absolute Gasteiger partial charge is 0.269 e. The van der Waals surface area contributed by atoms with Crippen LogP contribution in [0.4, 0.5) is 5.69 Å². The number of halogens is 1. The molecule has 0 unspecified atom stereocenters. The van der Waals surface area contributed by atoms with Crippen molar-refractivity contribution < 1.29 is 18.0 Å². The predicted octanol–water partition coefficient (Wildman–Crippen LogP) is 4.54. The number of aromatic amines is 1. The second-order valence-corrected chi connectivity index (χ2v) is 9.72. The quantitative estimate of drug-likeness (QED) is 0.375. The molecule has 0 radical (unpaired) electrons. The van der Waals surface area contributed by atoms with Crippen LogP contribution >= 0.6 is 11.6 Å². The van der Waals surface area contributed by atoms with Gasteiger partial charge in [-0.25, -0.2) is 8.42 Å². The number of nitrogens with one attached hydrogen (secondary N) is 3. The van der Waals surface area contributed by atoms with Crippen LogP contribution in [0.2, 0.25) is 5.02 Å². The monoisotopic (exact) mass is 481 g/mol. The van der Waals surface area contributed by atoms with Gasteiger partial charge in [0.05, 0.1) is 4.90 Å². The third-order valence-corrected chi connectivity index (χ3v) is 7.05. The molecule has 1 heterocycles. The highest BCUT2D eigenvalue weighted by atomic mass is 35.5. The molecule has 0 atom stereocenters. The first-order valence-electron chi connectivity index (χ1n) is 10.0. The number of benzene rings is 3. The van der Waals surface area contributed by atoms with Crippen molar-refractivity contribution in [3.63, 3.8) is 0 Å². The van der Waals surface area contributed by atoms with Gasteiger partial charge in [0.1, 0.15) is 10.6 Å². The number of carbonyl (C=O) groups is 2. The van der Waals surface area contributed by atoms with Gasteiger partial charge in [0.25, 0.3) is 5.91 Å². The fraction of sp³-hybridized carbons (Fsp3) is 0.0833. The van der Waals surface area contributed by atoms with Crippen molar-refractivity contribution in [2.75, 3.05) is 5.32 Å². The number of amides is 2. The van der Waals surface area contributed by atoms with Gasteiger partial charge in [-0.05, 0) is 48.0 Å². The second kappa shape index (κ2) is 9.09. The number of aromatic nitrogens is 1. The first kappa shape index (κ1) is 22.6. The molecule has 4 aromatic rings. The SMILES string of the molecule is CC(=O)Nc1cccc(CNC(=O)c2[nH]c3ccc(Cl)cc3c2S(=O)(=O)c2ccccc2)c1. The Bertz CT molecular complexity index is 1460. The molecule has 0 spiro atoms. The lowest BCUT2D eigenvalue weighted by Gasteiger charge is -2.09. The maximum Gasteiger partial charge on any atom is 0.269 e. The summed E-state index contributed by atoms with van der Waals surface area (Å²) < 4.78 is 27.0. The summed E-state index contributed by atoms with van der Waals surface area (Å²) in [5.74, 6) is -0.787. The van der Waals surface area contributed by atoms with E-state index in [1.54, 1.807) is 54.6 Å². The minimum atomic E-state index is -4.02. The first-order valence-corrected chi connectivity index (χ1v) is 11.9. The number of H-pyrrole nitrogens is 1. The molecule has 2 amide bonds. The molecule has 0 aliphatic heterocycles. The summed E-state index contributed by atoms with van der Waals surface area (Å²) in [6, 6.07) is 19.7. The van der Waals surface area contributed by atoms with Gasteiger partial charge < -0.3 is 15.6 Å². The molecule has 0 bridgehead atoms. The van der Waals surface area contributed by atoms with E-state index in [0.29, 0.717) is 21.6 Å². The van der Waals surface area contributed by atoms with Gasteiger partial charge in [-0.15, -0.1) is 0 Å². The van der Waals surface area contributed by atoms with Crippen LogP contribution in [0.5, 0.6) is 0 Å². The Balaban J connectivity index is 1.71. The van der Waals surface area contributed by atoms with Gasteiger partial charge in [-0.2, -0.15) is 0 Å². The number of fused-ring (bicyclic) bond motifs is 1. The van der Waals surface area contributed by atoms with E-state index in [2.05, 4.69) is 15.6 Å². The molecule has 1 aromatic heterocycles. The Labute approximate surface area is 195 Å². The largest absolute Gasteiger partial charge is 0.349 e. The van der Waals surface area contributed by atoms with Crippen molar-refractivity contribution in [1.29, 1.82) is 0 Å². The maximum absolute atomic E-state index is 13.5. The van der Waals surface area contributed by atoms with Gasteiger partial charge in [0.15, 0.2) is 0 Å². The highest BCUT2D eigenvalue weighted by Crippen LogP contribution is 2.33. The molecule has 0 aliphatic rings. The van der Waals surface area contributed by atoms with Gasteiger partial charge in [0.2, 0.25) is 15.7 Å². The van der Waals surface area contributed by atoms with Gasteiger partial charge in [0, 0.05) is 35.1 Å². The van der Waals surface area contributed by atoms with Crippen LogP contribution in [-0.4, -0.2) is 25.2 Å². The number of sulfone groups is 1. The summed E-state index contributed by atoms with van der Waals surface area (Å²) in [6.07, 6.45) is 0. The lowest BCUT2D eigenvalue weighted by atomic mass is 10.2. The predicted molar refractivity (Wildman–Crippen MR) is 127 cm³/mol. The summed E-state index contributed by atoms with van der Waals surface area (Å²) in [6.45, 7) is 1.54. The van der Waals surface area contributed by atoms with Crippen LogP contribution in [-0.2, 0) is 21.2 Å². The third kappa shape index (κ3) is 4.76. The molecular weight excluding hydrogens is 462 g/mol. The minimum absolute atomic E-state index is 0.0722. The van der Waals surface area contributed by atoms with Gasteiger partial charge in [-0.3, -0.25) is 9.59 Å². The van der Waals surface area contributed by atoms with Gasteiger partial charge >= 0.3 is 0 Å². The lowest BCUT2D eigenvalue weighted by Crippen LogP contribution is -2.25. The zero-order chi connectivity index (χ0) is 23.6. The Morgan fingerprint density at radius 2 is 1.73 bits per heavy atom. The molecule has 168 valence electrons. The van der Waals surface area contributed by atoms with E-state index < -0.39 is 15.7 Å². The number of hydrogen-bond donors (Lipinski definition) is 3. The zero-order valence-electron chi connectivity index (χ0n) is 17.6. The van der Waals surface area contributed by atoms with E-state index in [1.807, 2.05) is 0 Å². The molecule has 7 nitrogen and oxygen atoms in total. The highest BCUT2D eigenvalue weighted by Gasteiger charge is 2.29. The molecule has 4 rings (SSSR count). The van der Waals surface area contributed by atoms with Crippen LogP contribution in [0, 0.1) is 0 Å². The molecule has 3 aromatic carbocycles. The summed E-state index contributed by atoms with van der Waals surface area (Å²) >= 11 is 6.13. The van der Waals surface area contributed by atoms with Crippen molar-refractivity contribution in [3.05, 3.63) is 89.1 Å². The van der Waals surface area contributed by atoms with Crippen LogP contribution in [0.3, 0.4) is 0 Å². The third-order valence-electron chi connectivity index (χ3n) is 4.96. The first-order chi connectivity index (χ1) is 15.8. The van der Waals surface area contributed by atoms with Crippen LogP contribution < -0.4 is 10.6 Å². The van der Waals surface area contributed by atoms with E-state index in [-0.39, 0.29) is 27.9 Å². The number of anilines is 1. The maximum atomic E-state index is 13.5. The Morgan fingerprint density at radius 1 is 0.970 bits per heavy atom. The normalized spacial score (nSPS) is 11.3. The Kier molecular flexibility index (Phi) is 6.22. The molecule has 0 saturated heterocycles. The summed E-state index contributed by atoms with van der Waals surface area (Å²) in [5.41, 5.74) is 1.74. The standard InChI is InChI=1S/C24H20ClN3O4S/c1-15(29)27-18-7-5-6-16(12-18)14-26-24(30)22-23(20-13-17(25)10-11-21(20)28-22)33(31,32)19-8-3-2-4-9-19/h2-13,28H,14H2,1H3,(H,26,30)(H,27,29). The average Bonchev–Trinajstić information content (AvgIpc) is 3.17. The van der Waals surface area contributed by atoms with Crippen molar-refractivity contribution in [2.45, 2.75) is 23.3 Å². The van der Waals surface area contributed by atoms with Crippen molar-refractivity contribution in [3.8, 4) is 0 Å². The minimum Gasteiger partial charge on any atom is -0.349 e. The second-order valence-electron chi connectivity index (χ2n) is 7.40. The fourth-order valence-electron chi connectivity index (χ4n) is 3.53. The highest BCUT2D eigenvalue weighted by molar-refractivity contribution is 7.91. The molecule has 33 heavy (non-hydrogen) atoms. The summed E-state index contributed by atoms with van der Waals surface area (Å²) in [4.78, 5) is 27.3. The van der Waals surface area contributed by atoms with E-state index in [4.69, 9.17) is 11.6 Å². The molecular formula is C24H20ClN3O4S. The van der Waals surface area contributed by atoms with E-state index >= 15 is 0 Å². The molecule has 3 N–H and O–H groups in total. The topological polar surface area (TPSA) is 108 Å². The summed E-state index contributed by atoms with van der Waals surface area (Å²) in [7, 11) is -4.02. The Morgan fingerprint density at radius 3 is 2.45 bits per heavy atom. The summed E-state index contributed by atoms with van der Waals surface area (Å²) in [5, 5.41) is 6.13. The van der Waals surface area contributed by atoms with Crippen LogP contribution in [0.1, 0.15) is 23.0 Å². The van der Waals surface area contributed by atoms with E-state index in [9.17, 15) is 18.0 Å².